The summed E-state index contributed by atoms with van der Waals surface area (Å²) < 4.78 is 38.7. The summed E-state index contributed by atoms with van der Waals surface area (Å²) in [5, 5.41) is 0. The fourth-order valence-corrected chi connectivity index (χ4v) is 1.23. The lowest BCUT2D eigenvalue weighted by Gasteiger charge is -2.05. The van der Waals surface area contributed by atoms with E-state index in [4.69, 9.17) is 9.29 Å². The summed E-state index contributed by atoms with van der Waals surface area (Å²) >= 11 is 0. The van der Waals surface area contributed by atoms with Gasteiger partial charge in [0, 0.05) is 0 Å². The molecule has 1 N–H and O–H groups in total. The Kier molecular flexibility index (Phi) is 4.54. The van der Waals surface area contributed by atoms with E-state index in [-0.39, 0.29) is 13.2 Å². The van der Waals surface area contributed by atoms with E-state index in [0.29, 0.717) is 5.75 Å². The van der Waals surface area contributed by atoms with Gasteiger partial charge in [0.05, 0.1) is 6.61 Å². The summed E-state index contributed by atoms with van der Waals surface area (Å²) in [6.07, 6.45) is 0. The molecule has 0 unspecified atom stereocenters. The molecular formula is C9H12O5S. The van der Waals surface area contributed by atoms with Crippen LogP contribution < -0.4 is 4.74 Å². The highest BCUT2D eigenvalue weighted by molar-refractivity contribution is 7.85. The highest BCUT2D eigenvalue weighted by Gasteiger charge is 2.03. The number of hydrogen-bond donors (Lipinski definition) is 1. The molecule has 0 atom stereocenters. The molecule has 15 heavy (non-hydrogen) atoms. The van der Waals surface area contributed by atoms with Crippen LogP contribution in [0.2, 0.25) is 0 Å². The Morgan fingerprint density at radius 2 is 1.80 bits per heavy atom. The van der Waals surface area contributed by atoms with Crippen molar-refractivity contribution in [3.63, 3.8) is 0 Å². The Morgan fingerprint density at radius 1 is 1.13 bits per heavy atom. The lowest BCUT2D eigenvalue weighted by atomic mass is 10.3. The molecule has 0 fully saturated rings. The van der Waals surface area contributed by atoms with Crippen molar-refractivity contribution >= 4 is 10.1 Å². The third-order valence-electron chi connectivity index (χ3n) is 1.47. The topological polar surface area (TPSA) is 72.8 Å². The van der Waals surface area contributed by atoms with Crippen LogP contribution in [0.15, 0.2) is 30.3 Å². The van der Waals surface area contributed by atoms with Crippen molar-refractivity contribution in [2.24, 2.45) is 0 Å². The Balaban J connectivity index is 2.13. The lowest BCUT2D eigenvalue weighted by molar-refractivity contribution is 0.128. The van der Waals surface area contributed by atoms with E-state index in [1.807, 2.05) is 18.2 Å². The summed E-state index contributed by atoms with van der Waals surface area (Å²) in [7, 11) is -4.05. The van der Waals surface area contributed by atoms with Crippen LogP contribution in [0.1, 0.15) is 0 Å². The number of benzene rings is 1. The minimum Gasteiger partial charge on any atom is -0.491 e. The zero-order chi connectivity index (χ0) is 11.1. The van der Waals surface area contributed by atoms with E-state index in [1.54, 1.807) is 12.1 Å². The average Bonchev–Trinajstić information content (AvgIpc) is 2.17. The molecule has 0 spiro atoms. The van der Waals surface area contributed by atoms with Crippen LogP contribution in [0.3, 0.4) is 0 Å². The Bertz CT molecular complexity index is 373. The fraction of sp³-hybridized carbons (Fsp3) is 0.333. The predicted molar refractivity (Wildman–Crippen MR) is 54.3 cm³/mol. The van der Waals surface area contributed by atoms with Crippen LogP contribution in [0.4, 0.5) is 0 Å². The van der Waals surface area contributed by atoms with Crippen LogP contribution in [0.25, 0.3) is 0 Å². The molecule has 0 aliphatic carbocycles. The molecule has 0 heterocycles. The van der Waals surface area contributed by atoms with Crippen LogP contribution in [0, 0.1) is 0 Å². The van der Waals surface area contributed by atoms with Gasteiger partial charge >= 0.3 is 0 Å². The first-order valence-corrected chi connectivity index (χ1v) is 5.89. The lowest BCUT2D eigenvalue weighted by Crippen LogP contribution is -2.12. The first kappa shape index (κ1) is 12.0. The molecule has 1 aromatic carbocycles. The molecule has 1 rings (SSSR count). The molecule has 0 saturated heterocycles. The molecule has 0 bridgehead atoms. The summed E-state index contributed by atoms with van der Waals surface area (Å²) in [6.45, 7) is 0.341. The van der Waals surface area contributed by atoms with Crippen molar-refractivity contribution in [3.05, 3.63) is 30.3 Å². The van der Waals surface area contributed by atoms with Gasteiger partial charge < -0.3 is 9.47 Å². The zero-order valence-corrected chi connectivity index (χ0v) is 8.81. The van der Waals surface area contributed by atoms with E-state index in [2.05, 4.69) is 4.74 Å². The van der Waals surface area contributed by atoms with Crippen LogP contribution in [-0.2, 0) is 14.9 Å². The second kappa shape index (κ2) is 5.69. The van der Waals surface area contributed by atoms with Crippen LogP contribution >= 0.6 is 0 Å². The van der Waals surface area contributed by atoms with Crippen molar-refractivity contribution in [3.8, 4) is 5.75 Å². The quantitative estimate of drug-likeness (QED) is 0.583. The second-order valence-corrected chi connectivity index (χ2v) is 4.17. The smallest absolute Gasteiger partial charge is 0.289 e. The summed E-state index contributed by atoms with van der Waals surface area (Å²) in [5.41, 5.74) is 0. The van der Waals surface area contributed by atoms with Gasteiger partial charge in [0.25, 0.3) is 10.1 Å². The third-order valence-corrected chi connectivity index (χ3v) is 1.94. The van der Waals surface area contributed by atoms with Crippen LogP contribution in [0.5, 0.6) is 5.75 Å². The maximum absolute atomic E-state index is 10.3. The number of rotatable bonds is 6. The van der Waals surface area contributed by atoms with Gasteiger partial charge in [0.2, 0.25) is 0 Å². The first-order chi connectivity index (χ1) is 7.08. The van der Waals surface area contributed by atoms with Gasteiger partial charge in [0.15, 0.2) is 5.94 Å². The normalized spacial score (nSPS) is 11.3. The maximum Gasteiger partial charge on any atom is 0.289 e. The molecule has 5 nitrogen and oxygen atoms in total. The monoisotopic (exact) mass is 232 g/mol. The van der Waals surface area contributed by atoms with Crippen molar-refractivity contribution < 1.29 is 22.4 Å². The molecule has 0 aliphatic heterocycles. The van der Waals surface area contributed by atoms with Gasteiger partial charge in [0.1, 0.15) is 12.4 Å². The average molecular weight is 232 g/mol. The van der Waals surface area contributed by atoms with E-state index in [1.165, 1.54) is 0 Å². The van der Waals surface area contributed by atoms with Gasteiger partial charge in [-0.15, -0.1) is 0 Å². The molecule has 1 aromatic rings. The molecule has 0 aliphatic rings. The van der Waals surface area contributed by atoms with E-state index < -0.39 is 16.1 Å². The van der Waals surface area contributed by atoms with Gasteiger partial charge in [-0.25, -0.2) is 0 Å². The molecule has 84 valence electrons. The van der Waals surface area contributed by atoms with E-state index in [0.717, 1.165) is 0 Å². The summed E-state index contributed by atoms with van der Waals surface area (Å²) in [4.78, 5) is 0. The van der Waals surface area contributed by atoms with E-state index >= 15 is 0 Å². The summed E-state index contributed by atoms with van der Waals surface area (Å²) in [5.74, 6) is -0.0153. The van der Waals surface area contributed by atoms with Crippen molar-refractivity contribution in [1.82, 2.24) is 0 Å². The molecule has 0 radical (unpaired) electrons. The van der Waals surface area contributed by atoms with Crippen molar-refractivity contribution in [2.45, 2.75) is 0 Å². The largest absolute Gasteiger partial charge is 0.491 e. The van der Waals surface area contributed by atoms with Crippen molar-refractivity contribution in [1.29, 1.82) is 0 Å². The Hall–Kier alpha value is -1.11. The number of para-hydroxylation sites is 1. The highest BCUT2D eigenvalue weighted by Crippen LogP contribution is 2.07. The van der Waals surface area contributed by atoms with Crippen LogP contribution in [-0.4, -0.2) is 32.1 Å². The van der Waals surface area contributed by atoms with E-state index in [9.17, 15) is 8.42 Å². The van der Waals surface area contributed by atoms with Gasteiger partial charge in [-0.05, 0) is 12.1 Å². The zero-order valence-electron chi connectivity index (χ0n) is 8.00. The minimum atomic E-state index is -4.05. The predicted octanol–water partition coefficient (Wildman–Crippen LogP) is 0.927. The molecular weight excluding hydrogens is 220 g/mol. The number of ether oxygens (including phenoxy) is 2. The molecule has 0 aromatic heterocycles. The van der Waals surface area contributed by atoms with Gasteiger partial charge in [-0.2, -0.15) is 8.42 Å². The van der Waals surface area contributed by atoms with Crippen molar-refractivity contribution in [2.75, 3.05) is 19.2 Å². The Labute approximate surface area is 88.4 Å². The van der Waals surface area contributed by atoms with Gasteiger partial charge in [-0.3, -0.25) is 4.55 Å². The summed E-state index contributed by atoms with van der Waals surface area (Å²) in [6, 6.07) is 9.08. The standard InChI is InChI=1S/C9H12O5S/c10-15(11,12)8-13-6-7-14-9-4-2-1-3-5-9/h1-5H,6-8H2,(H,10,11,12). The Morgan fingerprint density at radius 3 is 2.40 bits per heavy atom. The molecule has 0 amide bonds. The fourth-order valence-electron chi connectivity index (χ4n) is 0.899. The van der Waals surface area contributed by atoms with Gasteiger partial charge in [-0.1, -0.05) is 18.2 Å². The minimum absolute atomic E-state index is 0.106. The number of hydrogen-bond acceptors (Lipinski definition) is 4. The SMILES string of the molecule is O=S(=O)(O)COCCOc1ccccc1. The molecule has 0 saturated carbocycles. The highest BCUT2D eigenvalue weighted by atomic mass is 32.2. The third kappa shape index (κ3) is 6.05. The first-order valence-electron chi connectivity index (χ1n) is 4.29. The molecule has 6 heteroatoms. The second-order valence-electron chi connectivity index (χ2n) is 2.77. The maximum atomic E-state index is 10.3.